The first-order valence-corrected chi connectivity index (χ1v) is 23.4. The van der Waals surface area contributed by atoms with Crippen LogP contribution in [-0.4, -0.2) is 37.9 Å². The van der Waals surface area contributed by atoms with E-state index in [1.54, 1.807) is 0 Å². The smallest absolute Gasteiger partial charge is 0.309 e. The SMILES string of the molecule is CC/C=C\C/C=C\C/C=C\C/C=C\C/C=C\CC(=O)OCC(COCCCCCCCC/C=C\C/C=C\CCC)OC(=O)CCCCCCC/C=C\C/C=C\CCC. The molecule has 0 fully saturated rings. The number of allylic oxidation sites excluding steroid dienone is 17. The molecule has 0 bridgehead atoms. The van der Waals surface area contributed by atoms with E-state index in [4.69, 9.17) is 14.2 Å². The summed E-state index contributed by atoms with van der Waals surface area (Å²) in [5.41, 5.74) is 0. The zero-order valence-corrected chi connectivity index (χ0v) is 37.5. The lowest BCUT2D eigenvalue weighted by Crippen LogP contribution is -2.30. The maximum absolute atomic E-state index is 12.7. The van der Waals surface area contributed by atoms with Crippen LogP contribution in [0.2, 0.25) is 0 Å². The molecule has 0 aliphatic carbocycles. The molecule has 0 aliphatic heterocycles. The van der Waals surface area contributed by atoms with Gasteiger partial charge in [-0.2, -0.15) is 0 Å². The zero-order valence-electron chi connectivity index (χ0n) is 37.5. The van der Waals surface area contributed by atoms with Crippen molar-refractivity contribution in [3.63, 3.8) is 0 Å². The van der Waals surface area contributed by atoms with Gasteiger partial charge >= 0.3 is 11.9 Å². The molecule has 0 N–H and O–H groups in total. The highest BCUT2D eigenvalue weighted by molar-refractivity contribution is 5.71. The van der Waals surface area contributed by atoms with Gasteiger partial charge in [0, 0.05) is 13.0 Å². The minimum absolute atomic E-state index is 0.0146. The summed E-state index contributed by atoms with van der Waals surface area (Å²) < 4.78 is 17.2. The van der Waals surface area contributed by atoms with E-state index in [-0.39, 0.29) is 31.6 Å². The summed E-state index contributed by atoms with van der Waals surface area (Å²) >= 11 is 0. The quantitative estimate of drug-likeness (QED) is 0.0350. The normalized spacial score (nSPS) is 13.2. The van der Waals surface area contributed by atoms with Crippen LogP contribution in [0.5, 0.6) is 0 Å². The lowest BCUT2D eigenvalue weighted by Gasteiger charge is -2.18. The molecule has 328 valence electrons. The van der Waals surface area contributed by atoms with E-state index < -0.39 is 6.10 Å². The van der Waals surface area contributed by atoms with Crippen molar-refractivity contribution in [1.82, 2.24) is 0 Å². The van der Waals surface area contributed by atoms with Crippen LogP contribution in [0.3, 0.4) is 0 Å². The minimum atomic E-state index is -0.594. The molecule has 1 unspecified atom stereocenters. The molecule has 0 saturated heterocycles. The molecule has 0 amide bonds. The Morgan fingerprint density at radius 3 is 1.33 bits per heavy atom. The average molecular weight is 803 g/mol. The second kappa shape index (κ2) is 47.9. The molecule has 0 spiro atoms. The van der Waals surface area contributed by atoms with Gasteiger partial charge in [0.15, 0.2) is 6.10 Å². The van der Waals surface area contributed by atoms with E-state index in [0.29, 0.717) is 13.0 Å². The average Bonchev–Trinajstić information content (AvgIpc) is 3.22. The molecule has 0 aromatic carbocycles. The van der Waals surface area contributed by atoms with Gasteiger partial charge in [-0.15, -0.1) is 0 Å². The van der Waals surface area contributed by atoms with Gasteiger partial charge in [0.1, 0.15) is 6.61 Å². The fourth-order valence-corrected chi connectivity index (χ4v) is 5.83. The maximum Gasteiger partial charge on any atom is 0.309 e. The Hall–Kier alpha value is -3.44. The Morgan fingerprint density at radius 2 is 0.828 bits per heavy atom. The van der Waals surface area contributed by atoms with Crippen LogP contribution >= 0.6 is 0 Å². The molecule has 5 heteroatoms. The predicted molar refractivity (Wildman–Crippen MR) is 251 cm³/mol. The van der Waals surface area contributed by atoms with E-state index >= 15 is 0 Å². The lowest BCUT2D eigenvalue weighted by atomic mass is 10.1. The molecule has 0 rings (SSSR count). The molecular weight excluding hydrogens is 717 g/mol. The van der Waals surface area contributed by atoms with Gasteiger partial charge < -0.3 is 14.2 Å². The van der Waals surface area contributed by atoms with Crippen molar-refractivity contribution in [3.05, 3.63) is 109 Å². The third-order valence-corrected chi connectivity index (χ3v) is 9.26. The predicted octanol–water partition coefficient (Wildman–Crippen LogP) is 15.7. The lowest BCUT2D eigenvalue weighted by molar-refractivity contribution is -0.162. The van der Waals surface area contributed by atoms with Crippen molar-refractivity contribution in [2.75, 3.05) is 19.8 Å². The highest BCUT2D eigenvalue weighted by Crippen LogP contribution is 2.11. The van der Waals surface area contributed by atoms with Crippen molar-refractivity contribution in [2.24, 2.45) is 0 Å². The van der Waals surface area contributed by atoms with Gasteiger partial charge in [-0.1, -0.05) is 188 Å². The summed E-state index contributed by atoms with van der Waals surface area (Å²) in [6, 6.07) is 0. The highest BCUT2D eigenvalue weighted by Gasteiger charge is 2.17. The summed E-state index contributed by atoms with van der Waals surface area (Å²) in [5.74, 6) is -0.575. The highest BCUT2D eigenvalue weighted by atomic mass is 16.6. The number of esters is 2. The maximum atomic E-state index is 12.7. The van der Waals surface area contributed by atoms with Gasteiger partial charge in [0.2, 0.25) is 0 Å². The van der Waals surface area contributed by atoms with Crippen LogP contribution in [0.1, 0.15) is 188 Å². The van der Waals surface area contributed by atoms with E-state index in [0.717, 1.165) is 96.3 Å². The molecular formula is C53H86O5. The largest absolute Gasteiger partial charge is 0.461 e. The summed E-state index contributed by atoms with van der Waals surface area (Å²) in [4.78, 5) is 25.2. The summed E-state index contributed by atoms with van der Waals surface area (Å²) in [7, 11) is 0. The second-order valence-corrected chi connectivity index (χ2v) is 14.9. The second-order valence-electron chi connectivity index (χ2n) is 14.9. The number of unbranched alkanes of at least 4 members (excludes halogenated alkanes) is 13. The molecule has 0 heterocycles. The summed E-state index contributed by atoms with van der Waals surface area (Å²) in [6.45, 7) is 7.42. The fourth-order valence-electron chi connectivity index (χ4n) is 5.83. The van der Waals surface area contributed by atoms with Crippen molar-refractivity contribution in [3.8, 4) is 0 Å². The van der Waals surface area contributed by atoms with Gasteiger partial charge in [0.05, 0.1) is 13.0 Å². The first-order chi connectivity index (χ1) is 28.6. The zero-order chi connectivity index (χ0) is 42.1. The van der Waals surface area contributed by atoms with Gasteiger partial charge in [-0.25, -0.2) is 0 Å². The molecule has 5 nitrogen and oxygen atoms in total. The number of carbonyl (C=O) groups excluding carboxylic acids is 2. The topological polar surface area (TPSA) is 61.8 Å². The molecule has 1 atom stereocenters. The number of rotatable bonds is 41. The molecule has 0 radical (unpaired) electrons. The Morgan fingerprint density at radius 1 is 0.414 bits per heavy atom. The van der Waals surface area contributed by atoms with E-state index in [1.807, 2.05) is 12.2 Å². The molecule has 0 aliphatic rings. The Labute approximate surface area is 357 Å². The van der Waals surface area contributed by atoms with Crippen molar-refractivity contribution in [2.45, 2.75) is 194 Å². The van der Waals surface area contributed by atoms with E-state index in [1.165, 1.54) is 57.8 Å². The van der Waals surface area contributed by atoms with Crippen LogP contribution in [0.25, 0.3) is 0 Å². The first kappa shape index (κ1) is 54.6. The Kier molecular flexibility index (Phi) is 45.1. The Bertz CT molecular complexity index is 1180. The number of ether oxygens (including phenoxy) is 3. The van der Waals surface area contributed by atoms with Crippen molar-refractivity contribution < 1.29 is 23.8 Å². The third kappa shape index (κ3) is 45.3. The standard InChI is InChI=1S/C53H86O5/c1-4-7-10-13-16-19-22-25-27-29-31-34-37-40-43-46-52(54)57-50-51(49-56-48-45-42-39-36-33-30-26-23-20-17-14-11-8-5-2)58-53(55)47-44-41-38-35-32-28-24-21-18-15-12-9-6-3/h7,10-12,14-16,19-21,23-25,27,31,34,40,43,51H,4-6,8-9,13,17-18,22,26,28-30,32-33,35-39,41-42,44-50H2,1-3H3/b10-7-,14-11-,15-12-,19-16-,23-20-,24-21-,27-25-,34-31-,43-40-. The van der Waals surface area contributed by atoms with Crippen molar-refractivity contribution >= 4 is 11.9 Å². The van der Waals surface area contributed by atoms with Crippen molar-refractivity contribution in [1.29, 1.82) is 0 Å². The van der Waals surface area contributed by atoms with Gasteiger partial charge in [0.25, 0.3) is 0 Å². The molecule has 0 aromatic rings. The monoisotopic (exact) mass is 803 g/mol. The van der Waals surface area contributed by atoms with E-state index in [2.05, 4.69) is 118 Å². The molecule has 58 heavy (non-hydrogen) atoms. The van der Waals surface area contributed by atoms with Crippen LogP contribution in [0.15, 0.2) is 109 Å². The number of hydrogen-bond donors (Lipinski definition) is 0. The third-order valence-electron chi connectivity index (χ3n) is 9.26. The number of hydrogen-bond acceptors (Lipinski definition) is 5. The molecule has 0 aromatic heterocycles. The van der Waals surface area contributed by atoms with Gasteiger partial charge in [-0.05, 0) is 96.3 Å². The van der Waals surface area contributed by atoms with Crippen LogP contribution in [0, 0.1) is 0 Å². The fraction of sp³-hybridized carbons (Fsp3) is 0.623. The molecule has 0 saturated carbocycles. The van der Waals surface area contributed by atoms with Crippen LogP contribution < -0.4 is 0 Å². The van der Waals surface area contributed by atoms with Crippen LogP contribution in [-0.2, 0) is 23.8 Å². The van der Waals surface area contributed by atoms with E-state index in [9.17, 15) is 9.59 Å². The summed E-state index contributed by atoms with van der Waals surface area (Å²) in [5, 5.41) is 0. The van der Waals surface area contributed by atoms with Crippen LogP contribution in [0.4, 0.5) is 0 Å². The number of carbonyl (C=O) groups is 2. The first-order valence-electron chi connectivity index (χ1n) is 23.4. The summed E-state index contributed by atoms with van der Waals surface area (Å²) in [6.07, 6.45) is 65.4. The van der Waals surface area contributed by atoms with Gasteiger partial charge in [-0.3, -0.25) is 9.59 Å². The minimum Gasteiger partial charge on any atom is -0.461 e. The Balaban J connectivity index is 4.46.